The zero-order valence-corrected chi connectivity index (χ0v) is 16.6. The van der Waals surface area contributed by atoms with Gasteiger partial charge in [0.2, 0.25) is 0 Å². The van der Waals surface area contributed by atoms with Gasteiger partial charge in [0.25, 0.3) is 0 Å². The van der Waals surface area contributed by atoms with Gasteiger partial charge in [0.05, 0.1) is 5.69 Å². The maximum Gasteiger partial charge on any atom is 0.189 e. The second kappa shape index (κ2) is 7.47. The Morgan fingerprint density at radius 1 is 1.24 bits per heavy atom. The Morgan fingerprint density at radius 3 is 2.72 bits per heavy atom. The van der Waals surface area contributed by atoms with E-state index in [1.54, 1.807) is 4.68 Å². The predicted molar refractivity (Wildman–Crippen MR) is 104 cm³/mol. The second-order valence-corrected chi connectivity index (χ2v) is 7.29. The van der Waals surface area contributed by atoms with Crippen molar-refractivity contribution in [3.05, 3.63) is 34.1 Å². The Labute approximate surface area is 156 Å². The third-order valence-corrected chi connectivity index (χ3v) is 4.74. The first-order valence-corrected chi connectivity index (χ1v) is 9.44. The van der Waals surface area contributed by atoms with Crippen LogP contribution in [0.25, 0.3) is 16.9 Å². The van der Waals surface area contributed by atoms with Gasteiger partial charge in [-0.1, -0.05) is 38.5 Å². The molecule has 25 heavy (non-hydrogen) atoms. The lowest BCUT2D eigenvalue weighted by Crippen LogP contribution is -2.06. The van der Waals surface area contributed by atoms with Gasteiger partial charge in [0, 0.05) is 11.0 Å². The van der Waals surface area contributed by atoms with Crippen molar-refractivity contribution in [2.75, 3.05) is 11.9 Å². The number of aryl methyl sites for hydroxylation is 1. The van der Waals surface area contributed by atoms with E-state index in [2.05, 4.69) is 80.5 Å². The largest absolute Gasteiger partial charge is 0.368 e. The topological polar surface area (TPSA) is 68.5 Å². The molecular formula is C18H23BrN6. The third kappa shape index (κ3) is 3.66. The van der Waals surface area contributed by atoms with Gasteiger partial charge in [-0.3, -0.25) is 0 Å². The van der Waals surface area contributed by atoms with Crippen LogP contribution in [-0.2, 0) is 0 Å². The molecule has 132 valence electrons. The predicted octanol–water partition coefficient (Wildman–Crippen LogP) is 4.62. The van der Waals surface area contributed by atoms with Crippen LogP contribution in [0, 0.1) is 6.92 Å². The van der Waals surface area contributed by atoms with Gasteiger partial charge in [-0.15, -0.1) is 5.10 Å². The van der Waals surface area contributed by atoms with Crippen molar-refractivity contribution in [3.8, 4) is 5.69 Å². The van der Waals surface area contributed by atoms with E-state index in [4.69, 9.17) is 0 Å². The lowest BCUT2D eigenvalue weighted by molar-refractivity contribution is 0.808. The molecule has 0 bridgehead atoms. The van der Waals surface area contributed by atoms with Crippen molar-refractivity contribution in [1.82, 2.24) is 25.0 Å². The van der Waals surface area contributed by atoms with Gasteiger partial charge in [0.15, 0.2) is 17.0 Å². The number of benzene rings is 1. The lowest BCUT2D eigenvalue weighted by Gasteiger charge is -2.10. The van der Waals surface area contributed by atoms with E-state index in [9.17, 15) is 0 Å². The molecule has 7 heteroatoms. The number of unbranched alkanes of at least 4 members (excludes halogenated alkanes) is 1. The molecule has 1 N–H and O–H groups in total. The molecule has 0 atom stereocenters. The normalized spacial score (nSPS) is 11.4. The first kappa shape index (κ1) is 17.8. The molecule has 2 heterocycles. The summed E-state index contributed by atoms with van der Waals surface area (Å²) < 4.78 is 2.74. The highest BCUT2D eigenvalue weighted by Crippen LogP contribution is 2.28. The number of rotatable bonds is 6. The summed E-state index contributed by atoms with van der Waals surface area (Å²) in [4.78, 5) is 9.06. The summed E-state index contributed by atoms with van der Waals surface area (Å²) in [6, 6.07) is 6.30. The molecule has 0 radical (unpaired) electrons. The molecule has 0 fully saturated rings. The number of hydrogen-bond donors (Lipinski definition) is 1. The molecule has 0 aliphatic rings. The fourth-order valence-electron chi connectivity index (χ4n) is 2.65. The van der Waals surface area contributed by atoms with E-state index in [1.165, 1.54) is 5.56 Å². The van der Waals surface area contributed by atoms with Crippen molar-refractivity contribution in [1.29, 1.82) is 0 Å². The summed E-state index contributed by atoms with van der Waals surface area (Å²) in [5, 5.41) is 12.0. The minimum atomic E-state index is 0.469. The minimum Gasteiger partial charge on any atom is -0.368 e. The zero-order chi connectivity index (χ0) is 18.0. The smallest absolute Gasteiger partial charge is 0.189 e. The van der Waals surface area contributed by atoms with E-state index in [-0.39, 0.29) is 0 Å². The van der Waals surface area contributed by atoms with Crippen molar-refractivity contribution < 1.29 is 0 Å². The Hall–Kier alpha value is -2.02. The molecule has 0 aliphatic carbocycles. The number of aromatic nitrogens is 5. The Morgan fingerprint density at radius 2 is 2.04 bits per heavy atom. The molecule has 3 rings (SSSR count). The van der Waals surface area contributed by atoms with Crippen LogP contribution in [0.5, 0.6) is 0 Å². The summed E-state index contributed by atoms with van der Waals surface area (Å²) in [5.74, 6) is 1.92. The second-order valence-electron chi connectivity index (χ2n) is 6.44. The number of nitrogens with zero attached hydrogens (tertiary/aromatic N) is 5. The Balaban J connectivity index is 2.06. The van der Waals surface area contributed by atoms with Crippen LogP contribution in [0.3, 0.4) is 0 Å². The average Bonchev–Trinajstić information content (AvgIpc) is 2.98. The molecule has 0 saturated heterocycles. The first-order chi connectivity index (χ1) is 12.0. The number of hydrogen-bond acceptors (Lipinski definition) is 5. The molecule has 0 aliphatic heterocycles. The molecule has 2 aromatic heterocycles. The van der Waals surface area contributed by atoms with Gasteiger partial charge >= 0.3 is 0 Å². The van der Waals surface area contributed by atoms with Crippen LogP contribution in [0.1, 0.15) is 50.9 Å². The minimum absolute atomic E-state index is 0.469. The summed E-state index contributed by atoms with van der Waals surface area (Å²) in [5.41, 5.74) is 3.60. The average molecular weight is 403 g/mol. The number of fused-ring (bicyclic) bond motifs is 1. The highest BCUT2D eigenvalue weighted by atomic mass is 79.9. The standard InChI is InChI=1S/C18H23BrN6/c1-5-6-9-20-17-16-18(22-12(4)21-17)25(24-23-16)15-8-7-13(11(2)3)10-14(15)19/h7-8,10-11H,5-6,9H2,1-4H3,(H,20,21,22). The maximum absolute atomic E-state index is 4.57. The summed E-state index contributed by atoms with van der Waals surface area (Å²) in [7, 11) is 0. The highest BCUT2D eigenvalue weighted by molar-refractivity contribution is 9.10. The molecule has 6 nitrogen and oxygen atoms in total. The zero-order valence-electron chi connectivity index (χ0n) is 15.0. The SMILES string of the molecule is CCCCNc1nc(C)nc2c1nnn2-c1ccc(C(C)C)cc1Br. The summed E-state index contributed by atoms with van der Waals surface area (Å²) in [6.07, 6.45) is 2.21. The van der Waals surface area contributed by atoms with Crippen LogP contribution in [0.4, 0.5) is 5.82 Å². The van der Waals surface area contributed by atoms with Crippen molar-refractivity contribution >= 4 is 32.9 Å². The first-order valence-electron chi connectivity index (χ1n) is 8.65. The van der Waals surface area contributed by atoms with E-state index >= 15 is 0 Å². The summed E-state index contributed by atoms with van der Waals surface area (Å²) >= 11 is 3.66. The van der Waals surface area contributed by atoms with Gasteiger partial charge in [-0.2, -0.15) is 4.68 Å². The molecular weight excluding hydrogens is 380 g/mol. The van der Waals surface area contributed by atoms with Crippen LogP contribution < -0.4 is 5.32 Å². The van der Waals surface area contributed by atoms with Crippen molar-refractivity contribution in [2.24, 2.45) is 0 Å². The van der Waals surface area contributed by atoms with Gasteiger partial charge in [0.1, 0.15) is 5.82 Å². The molecule has 3 aromatic rings. The van der Waals surface area contributed by atoms with E-state index in [1.807, 2.05) is 6.92 Å². The van der Waals surface area contributed by atoms with Crippen molar-refractivity contribution in [2.45, 2.75) is 46.5 Å². The highest BCUT2D eigenvalue weighted by Gasteiger charge is 2.16. The van der Waals surface area contributed by atoms with E-state index in [0.717, 1.165) is 35.4 Å². The summed E-state index contributed by atoms with van der Waals surface area (Å²) in [6.45, 7) is 9.27. The van der Waals surface area contributed by atoms with E-state index < -0.39 is 0 Å². The van der Waals surface area contributed by atoms with Crippen LogP contribution in [0.15, 0.2) is 22.7 Å². The fraction of sp³-hybridized carbons (Fsp3) is 0.444. The van der Waals surface area contributed by atoms with Crippen LogP contribution >= 0.6 is 15.9 Å². The van der Waals surface area contributed by atoms with E-state index in [0.29, 0.717) is 22.9 Å². The number of anilines is 1. The molecule has 1 aromatic carbocycles. The molecule has 0 unspecified atom stereocenters. The fourth-order valence-corrected chi connectivity index (χ4v) is 3.21. The van der Waals surface area contributed by atoms with Gasteiger partial charge < -0.3 is 5.32 Å². The number of halogens is 1. The van der Waals surface area contributed by atoms with Gasteiger partial charge in [-0.25, -0.2) is 9.97 Å². The maximum atomic E-state index is 4.57. The molecule has 0 amide bonds. The van der Waals surface area contributed by atoms with Gasteiger partial charge in [-0.05, 0) is 52.9 Å². The van der Waals surface area contributed by atoms with Crippen LogP contribution in [0.2, 0.25) is 0 Å². The Kier molecular flexibility index (Phi) is 5.32. The quantitative estimate of drug-likeness (QED) is 0.609. The monoisotopic (exact) mass is 402 g/mol. The van der Waals surface area contributed by atoms with Crippen LogP contribution in [-0.4, -0.2) is 31.5 Å². The lowest BCUT2D eigenvalue weighted by atomic mass is 10.0. The molecule has 0 saturated carbocycles. The molecule has 0 spiro atoms. The Bertz CT molecular complexity index is 887. The number of nitrogens with one attached hydrogen (secondary N) is 1. The van der Waals surface area contributed by atoms with Crippen molar-refractivity contribution in [3.63, 3.8) is 0 Å². The third-order valence-electron chi connectivity index (χ3n) is 4.10.